The summed E-state index contributed by atoms with van der Waals surface area (Å²) in [6, 6.07) is 0. The Morgan fingerprint density at radius 3 is 1.98 bits per heavy atom. The van der Waals surface area contributed by atoms with E-state index in [1.165, 1.54) is 77.0 Å². The number of hydrogen-bond donors (Lipinski definition) is 0. The topological polar surface area (TPSA) is 9.23 Å². The van der Waals surface area contributed by atoms with Crippen molar-refractivity contribution >= 4 is 0 Å². The van der Waals surface area contributed by atoms with Crippen molar-refractivity contribution in [3.05, 3.63) is 48.5 Å². The second-order valence-corrected chi connectivity index (χ2v) is 12.6. The van der Waals surface area contributed by atoms with E-state index in [9.17, 15) is 17.6 Å². The van der Waals surface area contributed by atoms with Crippen LogP contribution in [0.15, 0.2) is 48.5 Å². The first-order valence-corrected chi connectivity index (χ1v) is 16.7. The van der Waals surface area contributed by atoms with E-state index < -0.39 is 25.9 Å². The molecule has 3 aliphatic rings. The van der Waals surface area contributed by atoms with Crippen molar-refractivity contribution in [3.8, 4) is 0 Å². The molecule has 5 heteroatoms. The first-order chi connectivity index (χ1) is 20.1. The molecule has 0 radical (unpaired) electrons. The lowest BCUT2D eigenvalue weighted by Gasteiger charge is -2.45. The minimum absolute atomic E-state index is 0.0941. The van der Waals surface area contributed by atoms with Gasteiger partial charge in [-0.3, -0.25) is 0 Å². The van der Waals surface area contributed by atoms with Crippen molar-refractivity contribution in [2.75, 3.05) is 26.6 Å². The molecule has 0 spiro atoms. The lowest BCUT2D eigenvalue weighted by Crippen LogP contribution is -2.34. The third-order valence-electron chi connectivity index (χ3n) is 9.66. The maximum atomic E-state index is 14.1. The molecule has 0 bridgehead atoms. The third kappa shape index (κ3) is 14.0. The first kappa shape index (κ1) is 35.7. The predicted molar refractivity (Wildman–Crippen MR) is 166 cm³/mol. The number of alkyl halides is 3. The standard InChI is InChI=1S/C34H54F2O.C2H4F2/c1-3-5-6-7-8-9-10-11-12-14-34(33(36)25-35)37-26-28-16-18-29(19-17-28)31-22-21-30-23-27(13-4-2)15-20-32(30)24-31;3-1-2-4/h3,8-9,12,14,27-32H,1,4-7,10-11,13,15-26H2,2H3;1-2H2/b9-8-,14-12-,34-33-;. The fourth-order valence-corrected chi connectivity index (χ4v) is 7.44. The summed E-state index contributed by atoms with van der Waals surface area (Å²) in [5.74, 6) is 4.57. The van der Waals surface area contributed by atoms with Gasteiger partial charge in [0, 0.05) is 0 Å². The molecule has 0 N–H and O–H groups in total. The molecule has 0 aliphatic heterocycles. The Hall–Kier alpha value is -1.52. The van der Waals surface area contributed by atoms with Crippen molar-refractivity contribution in [2.45, 2.75) is 116 Å². The minimum atomic E-state index is -1.10. The SMILES string of the molecule is C=CCCC/C=C\CC/C=C\C(OCC1CCC(C2CCC3CC(CCC)CCC3C2)CC1)=C(\F)CF.FCCF. The van der Waals surface area contributed by atoms with Crippen LogP contribution < -0.4 is 0 Å². The van der Waals surface area contributed by atoms with Gasteiger partial charge in [-0.05, 0) is 131 Å². The van der Waals surface area contributed by atoms with Crippen LogP contribution in [0.4, 0.5) is 17.6 Å². The molecule has 4 unspecified atom stereocenters. The smallest absolute Gasteiger partial charge is 0.173 e. The van der Waals surface area contributed by atoms with E-state index in [0.29, 0.717) is 12.5 Å². The van der Waals surface area contributed by atoms with Gasteiger partial charge in [0.25, 0.3) is 0 Å². The summed E-state index contributed by atoms with van der Waals surface area (Å²) < 4.78 is 53.7. The highest BCUT2D eigenvalue weighted by atomic mass is 19.2. The number of unbranched alkanes of at least 4 members (excludes halogenated alkanes) is 3. The van der Waals surface area contributed by atoms with Gasteiger partial charge in [0.1, 0.15) is 20.0 Å². The molecular weight excluding hydrogens is 524 g/mol. The number of ether oxygens (including phenoxy) is 1. The van der Waals surface area contributed by atoms with Crippen LogP contribution in [0.2, 0.25) is 0 Å². The summed E-state index contributed by atoms with van der Waals surface area (Å²) in [5.41, 5.74) is 0. The zero-order chi connectivity index (χ0) is 29.7. The highest BCUT2D eigenvalue weighted by molar-refractivity contribution is 5.16. The molecular formula is C36H58F4O. The van der Waals surface area contributed by atoms with E-state index >= 15 is 0 Å². The normalized spacial score (nSPS) is 29.0. The van der Waals surface area contributed by atoms with Gasteiger partial charge in [-0.25, -0.2) is 17.6 Å². The Labute approximate surface area is 249 Å². The Bertz CT molecular complexity index is 766. The Morgan fingerprint density at radius 1 is 0.732 bits per heavy atom. The van der Waals surface area contributed by atoms with Crippen molar-refractivity contribution in [1.29, 1.82) is 0 Å². The van der Waals surface area contributed by atoms with Crippen molar-refractivity contribution in [1.82, 2.24) is 0 Å². The molecule has 0 aromatic rings. The molecule has 236 valence electrons. The van der Waals surface area contributed by atoms with E-state index in [0.717, 1.165) is 61.7 Å². The average Bonchev–Trinajstić information content (AvgIpc) is 3.01. The molecule has 41 heavy (non-hydrogen) atoms. The maximum Gasteiger partial charge on any atom is 0.173 e. The number of allylic oxidation sites excluding steroid dienone is 6. The number of fused-ring (bicyclic) bond motifs is 1. The van der Waals surface area contributed by atoms with Gasteiger partial charge in [-0.2, -0.15) is 0 Å². The molecule has 0 amide bonds. The quantitative estimate of drug-likeness (QED) is 0.0578. The van der Waals surface area contributed by atoms with E-state index in [1.807, 2.05) is 12.2 Å². The molecule has 0 aromatic carbocycles. The van der Waals surface area contributed by atoms with Gasteiger partial charge in [0.2, 0.25) is 0 Å². The van der Waals surface area contributed by atoms with Crippen LogP contribution in [0.5, 0.6) is 0 Å². The fourth-order valence-electron chi connectivity index (χ4n) is 7.44. The summed E-state index contributed by atoms with van der Waals surface area (Å²) in [6.07, 6.45) is 31.3. The number of hydrogen-bond acceptors (Lipinski definition) is 1. The second kappa shape index (κ2) is 22.1. The van der Waals surface area contributed by atoms with Gasteiger partial charge in [0.05, 0.1) is 6.61 Å². The summed E-state index contributed by atoms with van der Waals surface area (Å²) in [4.78, 5) is 0. The molecule has 0 saturated heterocycles. The van der Waals surface area contributed by atoms with Crippen molar-refractivity contribution in [2.24, 2.45) is 35.5 Å². The zero-order valence-electron chi connectivity index (χ0n) is 25.8. The minimum Gasteiger partial charge on any atom is -0.490 e. The Balaban J connectivity index is 0.00000138. The van der Waals surface area contributed by atoms with Crippen LogP contribution in [-0.4, -0.2) is 26.6 Å². The molecule has 3 aliphatic carbocycles. The summed E-state index contributed by atoms with van der Waals surface area (Å²) >= 11 is 0. The van der Waals surface area contributed by atoms with E-state index in [2.05, 4.69) is 25.7 Å². The zero-order valence-corrected chi connectivity index (χ0v) is 25.8. The summed E-state index contributed by atoms with van der Waals surface area (Å²) in [6.45, 7) is 3.79. The highest BCUT2D eigenvalue weighted by Crippen LogP contribution is 2.49. The monoisotopic (exact) mass is 582 g/mol. The van der Waals surface area contributed by atoms with Crippen LogP contribution >= 0.6 is 0 Å². The van der Waals surface area contributed by atoms with Crippen LogP contribution in [-0.2, 0) is 4.74 Å². The van der Waals surface area contributed by atoms with Crippen LogP contribution in [0, 0.1) is 35.5 Å². The highest BCUT2D eigenvalue weighted by Gasteiger charge is 2.38. The Morgan fingerprint density at radius 2 is 1.32 bits per heavy atom. The third-order valence-corrected chi connectivity index (χ3v) is 9.66. The summed E-state index contributed by atoms with van der Waals surface area (Å²) in [5, 5.41) is 0. The van der Waals surface area contributed by atoms with Gasteiger partial charge in [-0.1, -0.05) is 50.5 Å². The van der Waals surface area contributed by atoms with E-state index in [-0.39, 0.29) is 5.76 Å². The van der Waals surface area contributed by atoms with E-state index in [4.69, 9.17) is 4.74 Å². The van der Waals surface area contributed by atoms with Gasteiger partial charge in [-0.15, -0.1) is 6.58 Å². The van der Waals surface area contributed by atoms with Crippen molar-refractivity contribution in [3.63, 3.8) is 0 Å². The van der Waals surface area contributed by atoms with Gasteiger partial charge < -0.3 is 4.74 Å². The van der Waals surface area contributed by atoms with Crippen LogP contribution in [0.1, 0.15) is 116 Å². The van der Waals surface area contributed by atoms with Gasteiger partial charge in [0.15, 0.2) is 11.6 Å². The Kier molecular flexibility index (Phi) is 19.2. The molecule has 1 nitrogen and oxygen atoms in total. The largest absolute Gasteiger partial charge is 0.490 e. The predicted octanol–water partition coefficient (Wildman–Crippen LogP) is 11.8. The molecule has 4 atom stereocenters. The average molecular weight is 583 g/mol. The van der Waals surface area contributed by atoms with Crippen LogP contribution in [0.3, 0.4) is 0 Å². The molecule has 3 rings (SSSR count). The maximum absolute atomic E-state index is 14.1. The lowest BCUT2D eigenvalue weighted by molar-refractivity contribution is 0.0506. The molecule has 0 heterocycles. The summed E-state index contributed by atoms with van der Waals surface area (Å²) in [7, 11) is 0. The van der Waals surface area contributed by atoms with E-state index in [1.54, 1.807) is 6.08 Å². The number of rotatable bonds is 16. The van der Waals surface area contributed by atoms with Crippen molar-refractivity contribution < 1.29 is 22.3 Å². The lowest BCUT2D eigenvalue weighted by atomic mass is 9.60. The van der Waals surface area contributed by atoms with Gasteiger partial charge >= 0.3 is 0 Å². The molecule has 0 aromatic heterocycles. The molecule has 3 fully saturated rings. The molecule has 3 saturated carbocycles. The second-order valence-electron chi connectivity index (χ2n) is 12.6. The number of halogens is 4. The fraction of sp³-hybridized carbons (Fsp3) is 0.778. The van der Waals surface area contributed by atoms with Crippen LogP contribution in [0.25, 0.3) is 0 Å². The first-order valence-electron chi connectivity index (χ1n) is 16.7.